The first kappa shape index (κ1) is 19.1. The number of nitrogens with zero attached hydrogens (tertiary/aromatic N) is 2. The number of amides is 1. The first-order valence-corrected chi connectivity index (χ1v) is 8.98. The van der Waals surface area contributed by atoms with E-state index in [1.54, 1.807) is 25.8 Å². The van der Waals surface area contributed by atoms with Crippen molar-refractivity contribution in [1.29, 1.82) is 0 Å². The highest BCUT2D eigenvalue weighted by Crippen LogP contribution is 2.25. The van der Waals surface area contributed by atoms with Crippen LogP contribution in [0.15, 0.2) is 29.6 Å². The van der Waals surface area contributed by atoms with Gasteiger partial charge < -0.3 is 10.1 Å². The molecule has 1 heterocycles. The predicted molar refractivity (Wildman–Crippen MR) is 99.6 cm³/mol. The minimum absolute atomic E-state index is 0.0644. The van der Waals surface area contributed by atoms with Crippen LogP contribution in [0.1, 0.15) is 19.4 Å². The van der Waals surface area contributed by atoms with Crippen LogP contribution in [0.4, 0.5) is 5.13 Å². The lowest BCUT2D eigenvalue weighted by Gasteiger charge is -2.22. The molecule has 0 saturated carbocycles. The van der Waals surface area contributed by atoms with Gasteiger partial charge in [0, 0.05) is 10.9 Å². The van der Waals surface area contributed by atoms with Crippen LogP contribution in [0.5, 0.6) is 0 Å². The summed E-state index contributed by atoms with van der Waals surface area (Å²) >= 11 is 1.37. The molecule has 1 atom stereocenters. The molecule has 25 heavy (non-hydrogen) atoms. The van der Waals surface area contributed by atoms with Crippen molar-refractivity contribution in [2.75, 3.05) is 25.5 Å². The van der Waals surface area contributed by atoms with Crippen molar-refractivity contribution >= 4 is 28.3 Å². The van der Waals surface area contributed by atoms with Gasteiger partial charge in [0.1, 0.15) is 0 Å². The van der Waals surface area contributed by atoms with Crippen LogP contribution >= 0.6 is 11.3 Å². The maximum absolute atomic E-state index is 12.3. The lowest BCUT2D eigenvalue weighted by Crippen LogP contribution is -2.42. The smallest absolute Gasteiger partial charge is 0.320 e. The summed E-state index contributed by atoms with van der Waals surface area (Å²) in [6.07, 6.45) is 0. The summed E-state index contributed by atoms with van der Waals surface area (Å²) < 4.78 is 4.90. The first-order valence-electron chi connectivity index (χ1n) is 8.10. The van der Waals surface area contributed by atoms with E-state index in [4.69, 9.17) is 4.74 Å². The van der Waals surface area contributed by atoms with Crippen LogP contribution in [0.3, 0.4) is 0 Å². The van der Waals surface area contributed by atoms with Gasteiger partial charge in [0.25, 0.3) is 0 Å². The van der Waals surface area contributed by atoms with E-state index in [1.165, 1.54) is 16.9 Å². The molecule has 0 radical (unpaired) electrons. The number of carbonyl (C=O) groups is 2. The molecule has 1 unspecified atom stereocenters. The van der Waals surface area contributed by atoms with Gasteiger partial charge >= 0.3 is 5.97 Å². The van der Waals surface area contributed by atoms with E-state index in [-0.39, 0.29) is 18.4 Å². The van der Waals surface area contributed by atoms with E-state index >= 15 is 0 Å². The second-order valence-electron chi connectivity index (χ2n) is 5.79. The van der Waals surface area contributed by atoms with Crippen molar-refractivity contribution in [3.8, 4) is 11.3 Å². The SMILES string of the molecule is CCOC(=O)CN(C)C(C)C(=O)Nc1nc(-c2ccc(C)cc2)cs1. The van der Waals surface area contributed by atoms with Crippen LogP contribution in [0.25, 0.3) is 11.3 Å². The third kappa shape index (κ3) is 5.37. The number of likely N-dealkylation sites (N-methyl/N-ethyl adjacent to an activating group) is 1. The van der Waals surface area contributed by atoms with E-state index in [0.29, 0.717) is 11.7 Å². The molecule has 1 N–H and O–H groups in total. The summed E-state index contributed by atoms with van der Waals surface area (Å²) in [5.74, 6) is -0.558. The van der Waals surface area contributed by atoms with Crippen LogP contribution in [-0.4, -0.2) is 48.0 Å². The minimum Gasteiger partial charge on any atom is -0.465 e. The van der Waals surface area contributed by atoms with Crippen molar-refractivity contribution in [2.45, 2.75) is 26.8 Å². The predicted octanol–water partition coefficient (Wildman–Crippen LogP) is 2.94. The fraction of sp³-hybridized carbons (Fsp3) is 0.389. The maximum Gasteiger partial charge on any atom is 0.320 e. The Labute approximate surface area is 151 Å². The van der Waals surface area contributed by atoms with Gasteiger partial charge in [-0.1, -0.05) is 29.8 Å². The monoisotopic (exact) mass is 361 g/mol. The number of thiazole rings is 1. The molecule has 1 aromatic carbocycles. The normalized spacial score (nSPS) is 12.0. The Morgan fingerprint density at radius 3 is 2.64 bits per heavy atom. The van der Waals surface area contributed by atoms with Crippen LogP contribution in [0, 0.1) is 6.92 Å². The molecule has 0 aliphatic rings. The Morgan fingerprint density at radius 2 is 2.00 bits per heavy atom. The van der Waals surface area contributed by atoms with Crippen molar-refractivity contribution in [2.24, 2.45) is 0 Å². The minimum atomic E-state index is -0.476. The third-order valence-electron chi connectivity index (χ3n) is 3.81. The lowest BCUT2D eigenvalue weighted by molar-refractivity contribution is -0.144. The first-order chi connectivity index (χ1) is 11.9. The Bertz CT molecular complexity index is 727. The second kappa shape index (κ2) is 8.73. The summed E-state index contributed by atoms with van der Waals surface area (Å²) in [6, 6.07) is 7.59. The highest BCUT2D eigenvalue weighted by molar-refractivity contribution is 7.14. The third-order valence-corrected chi connectivity index (χ3v) is 4.56. The van der Waals surface area contributed by atoms with Crippen LogP contribution in [0.2, 0.25) is 0 Å². The average Bonchev–Trinajstić information content (AvgIpc) is 3.03. The van der Waals surface area contributed by atoms with Crippen LogP contribution in [-0.2, 0) is 14.3 Å². The zero-order valence-corrected chi connectivity index (χ0v) is 15.7. The number of aryl methyl sites for hydroxylation is 1. The van der Waals surface area contributed by atoms with Gasteiger partial charge in [-0.25, -0.2) is 4.98 Å². The fourth-order valence-electron chi connectivity index (χ4n) is 2.15. The van der Waals surface area contributed by atoms with Gasteiger partial charge in [0.2, 0.25) is 5.91 Å². The lowest BCUT2D eigenvalue weighted by atomic mass is 10.1. The number of esters is 1. The van der Waals surface area contributed by atoms with Gasteiger partial charge in [0.15, 0.2) is 5.13 Å². The Kier molecular flexibility index (Phi) is 6.66. The Balaban J connectivity index is 1.96. The standard InChI is InChI=1S/C18H23N3O3S/c1-5-24-16(22)10-21(4)13(3)17(23)20-18-19-15(11-25-18)14-8-6-12(2)7-9-14/h6-9,11,13H,5,10H2,1-4H3,(H,19,20,23). The molecule has 1 amide bonds. The number of nitrogens with one attached hydrogen (secondary N) is 1. The number of hydrogen-bond donors (Lipinski definition) is 1. The zero-order chi connectivity index (χ0) is 18.4. The molecule has 1 aromatic heterocycles. The van der Waals surface area contributed by atoms with E-state index < -0.39 is 6.04 Å². The summed E-state index contributed by atoms with van der Waals surface area (Å²) in [7, 11) is 1.71. The molecule has 0 aliphatic heterocycles. The molecule has 0 spiro atoms. The van der Waals surface area contributed by atoms with Crippen LogP contribution < -0.4 is 5.32 Å². The van der Waals surface area contributed by atoms with E-state index in [9.17, 15) is 9.59 Å². The fourth-order valence-corrected chi connectivity index (χ4v) is 2.87. The zero-order valence-electron chi connectivity index (χ0n) is 14.9. The number of carbonyl (C=O) groups excluding carboxylic acids is 2. The highest BCUT2D eigenvalue weighted by Gasteiger charge is 2.21. The molecule has 0 fully saturated rings. The maximum atomic E-state index is 12.3. The molecule has 134 valence electrons. The summed E-state index contributed by atoms with van der Waals surface area (Å²) in [6.45, 7) is 5.92. The van der Waals surface area contributed by atoms with E-state index in [2.05, 4.69) is 10.3 Å². The number of hydrogen-bond acceptors (Lipinski definition) is 6. The average molecular weight is 361 g/mol. The van der Waals surface area contributed by atoms with Crippen molar-refractivity contribution < 1.29 is 14.3 Å². The van der Waals surface area contributed by atoms with Gasteiger partial charge in [-0.05, 0) is 27.8 Å². The molecule has 2 rings (SSSR count). The molecule has 0 saturated heterocycles. The summed E-state index contributed by atoms with van der Waals surface area (Å²) in [5.41, 5.74) is 3.02. The number of benzene rings is 1. The molecule has 2 aromatic rings. The van der Waals surface area contributed by atoms with Crippen molar-refractivity contribution in [1.82, 2.24) is 9.88 Å². The van der Waals surface area contributed by atoms with Crippen molar-refractivity contribution in [3.05, 3.63) is 35.2 Å². The van der Waals surface area contributed by atoms with E-state index in [1.807, 2.05) is 36.6 Å². The summed E-state index contributed by atoms with van der Waals surface area (Å²) in [4.78, 5) is 30.0. The van der Waals surface area contributed by atoms with Gasteiger partial charge in [-0.15, -0.1) is 11.3 Å². The number of anilines is 1. The molecule has 0 aliphatic carbocycles. The van der Waals surface area contributed by atoms with Crippen molar-refractivity contribution in [3.63, 3.8) is 0 Å². The number of ether oxygens (including phenoxy) is 1. The number of aromatic nitrogens is 1. The molecule has 7 heteroatoms. The Morgan fingerprint density at radius 1 is 1.32 bits per heavy atom. The number of rotatable bonds is 7. The molecular weight excluding hydrogens is 338 g/mol. The molecule has 0 bridgehead atoms. The quantitative estimate of drug-likeness (QED) is 0.768. The van der Waals surface area contributed by atoms with Gasteiger partial charge in [-0.2, -0.15) is 0 Å². The van der Waals surface area contributed by atoms with Gasteiger partial charge in [-0.3, -0.25) is 14.5 Å². The molecule has 6 nitrogen and oxygen atoms in total. The highest BCUT2D eigenvalue weighted by atomic mass is 32.1. The second-order valence-corrected chi connectivity index (χ2v) is 6.65. The largest absolute Gasteiger partial charge is 0.465 e. The summed E-state index contributed by atoms with van der Waals surface area (Å²) in [5, 5.41) is 5.25. The molecular formula is C18H23N3O3S. The Hall–Kier alpha value is -2.25. The van der Waals surface area contributed by atoms with Gasteiger partial charge in [0.05, 0.1) is 24.9 Å². The topological polar surface area (TPSA) is 71.5 Å². The van der Waals surface area contributed by atoms with E-state index in [0.717, 1.165) is 11.3 Å².